The van der Waals surface area contributed by atoms with Gasteiger partial charge in [-0.3, -0.25) is 0 Å². The number of aliphatic hydroxyl groups is 1. The van der Waals surface area contributed by atoms with Crippen LogP contribution in [-0.2, 0) is 9.47 Å². The van der Waals surface area contributed by atoms with Crippen LogP contribution in [0.3, 0.4) is 0 Å². The van der Waals surface area contributed by atoms with Crippen molar-refractivity contribution >= 4 is 0 Å². The van der Waals surface area contributed by atoms with Crippen molar-refractivity contribution < 1.29 is 14.6 Å². The van der Waals surface area contributed by atoms with Crippen LogP contribution < -0.4 is 0 Å². The predicted octanol–water partition coefficient (Wildman–Crippen LogP) is 0.810. The van der Waals surface area contributed by atoms with Gasteiger partial charge < -0.3 is 14.6 Å². The Labute approximate surface area is 68.3 Å². The first-order valence-electron chi connectivity index (χ1n) is 3.91. The van der Waals surface area contributed by atoms with E-state index < -0.39 is 5.60 Å². The van der Waals surface area contributed by atoms with Crippen LogP contribution in [0.1, 0.15) is 20.3 Å². The van der Waals surface area contributed by atoms with Crippen molar-refractivity contribution in [2.75, 3.05) is 26.9 Å². The smallest absolute Gasteiger partial charge is 0.108 e. The number of ether oxygens (including phenoxy) is 2. The summed E-state index contributed by atoms with van der Waals surface area (Å²) in [5.74, 6) is 0. The van der Waals surface area contributed by atoms with Crippen LogP contribution in [0.4, 0.5) is 0 Å². The summed E-state index contributed by atoms with van der Waals surface area (Å²) in [7, 11) is 1.56. The van der Waals surface area contributed by atoms with Crippen LogP contribution in [0.2, 0.25) is 0 Å². The van der Waals surface area contributed by atoms with Crippen molar-refractivity contribution in [3.8, 4) is 0 Å². The van der Waals surface area contributed by atoms with Crippen molar-refractivity contribution in [2.24, 2.45) is 0 Å². The monoisotopic (exact) mass is 162 g/mol. The minimum atomic E-state index is -0.843. The summed E-state index contributed by atoms with van der Waals surface area (Å²) in [6.07, 6.45) is 0.975. The van der Waals surface area contributed by atoms with Crippen molar-refractivity contribution in [1.29, 1.82) is 0 Å². The van der Waals surface area contributed by atoms with Gasteiger partial charge in [0.15, 0.2) is 0 Å². The molecule has 0 saturated carbocycles. The molecule has 0 aliphatic heterocycles. The normalized spacial score (nSPS) is 16.4. The van der Waals surface area contributed by atoms with Crippen molar-refractivity contribution in [3.05, 3.63) is 0 Å². The van der Waals surface area contributed by atoms with Crippen LogP contribution >= 0.6 is 0 Å². The second kappa shape index (κ2) is 5.52. The molecule has 0 spiro atoms. The van der Waals surface area contributed by atoms with E-state index in [0.717, 1.165) is 6.42 Å². The average Bonchev–Trinajstić information content (AvgIpc) is 1.87. The van der Waals surface area contributed by atoms with Crippen LogP contribution in [0.25, 0.3) is 0 Å². The molecule has 11 heavy (non-hydrogen) atoms. The molecule has 0 radical (unpaired) electrons. The quantitative estimate of drug-likeness (QED) is 0.587. The van der Waals surface area contributed by atoms with Gasteiger partial charge in [-0.05, 0) is 13.3 Å². The lowest BCUT2D eigenvalue weighted by atomic mass is 10.1. The average molecular weight is 162 g/mol. The molecule has 0 fully saturated rings. The lowest BCUT2D eigenvalue weighted by Crippen LogP contribution is -2.35. The Bertz CT molecular complexity index is 91.3. The SMILES string of the molecule is CCCOCC(C)(O)COC. The first-order chi connectivity index (χ1) is 5.12. The van der Waals surface area contributed by atoms with Crippen LogP contribution in [-0.4, -0.2) is 37.6 Å². The Morgan fingerprint density at radius 3 is 2.45 bits per heavy atom. The van der Waals surface area contributed by atoms with E-state index in [1.54, 1.807) is 14.0 Å². The molecule has 0 bridgehead atoms. The molecule has 0 aliphatic rings. The first kappa shape index (κ1) is 10.9. The van der Waals surface area contributed by atoms with E-state index >= 15 is 0 Å². The fourth-order valence-electron chi connectivity index (χ4n) is 0.789. The third kappa shape index (κ3) is 6.28. The molecule has 3 nitrogen and oxygen atoms in total. The molecule has 68 valence electrons. The van der Waals surface area contributed by atoms with E-state index in [0.29, 0.717) is 19.8 Å². The largest absolute Gasteiger partial charge is 0.385 e. The lowest BCUT2D eigenvalue weighted by Gasteiger charge is -2.21. The molecule has 1 unspecified atom stereocenters. The maximum absolute atomic E-state index is 9.49. The van der Waals surface area contributed by atoms with Crippen LogP contribution in [0.15, 0.2) is 0 Å². The van der Waals surface area contributed by atoms with Gasteiger partial charge in [-0.2, -0.15) is 0 Å². The molecule has 1 N–H and O–H groups in total. The Morgan fingerprint density at radius 1 is 1.36 bits per heavy atom. The van der Waals surface area contributed by atoms with Gasteiger partial charge in [0.05, 0.1) is 13.2 Å². The molecule has 0 aromatic heterocycles. The number of hydrogen-bond acceptors (Lipinski definition) is 3. The maximum atomic E-state index is 9.49. The molecule has 0 heterocycles. The van der Waals surface area contributed by atoms with Gasteiger partial charge in [0, 0.05) is 13.7 Å². The fraction of sp³-hybridized carbons (Fsp3) is 1.00. The van der Waals surface area contributed by atoms with E-state index in [1.165, 1.54) is 0 Å². The topological polar surface area (TPSA) is 38.7 Å². The molecular formula is C8H18O3. The van der Waals surface area contributed by atoms with Crippen molar-refractivity contribution in [1.82, 2.24) is 0 Å². The highest BCUT2D eigenvalue weighted by Crippen LogP contribution is 2.03. The number of methoxy groups -OCH3 is 1. The first-order valence-corrected chi connectivity index (χ1v) is 3.91. The summed E-state index contributed by atoms with van der Waals surface area (Å²) in [5.41, 5.74) is -0.843. The molecule has 0 amide bonds. The van der Waals surface area contributed by atoms with E-state index in [1.807, 2.05) is 6.92 Å². The van der Waals surface area contributed by atoms with Gasteiger partial charge in [-0.25, -0.2) is 0 Å². The Kier molecular flexibility index (Phi) is 5.46. The minimum absolute atomic E-state index is 0.316. The highest BCUT2D eigenvalue weighted by Gasteiger charge is 2.19. The molecule has 0 aromatic rings. The van der Waals surface area contributed by atoms with Gasteiger partial charge in [0.2, 0.25) is 0 Å². The summed E-state index contributed by atoms with van der Waals surface area (Å²) >= 11 is 0. The van der Waals surface area contributed by atoms with Crippen molar-refractivity contribution in [2.45, 2.75) is 25.9 Å². The summed E-state index contributed by atoms with van der Waals surface area (Å²) < 4.78 is 9.98. The van der Waals surface area contributed by atoms with Gasteiger partial charge in [0.1, 0.15) is 5.60 Å². The molecular weight excluding hydrogens is 144 g/mol. The van der Waals surface area contributed by atoms with Crippen LogP contribution in [0, 0.1) is 0 Å². The summed E-state index contributed by atoms with van der Waals surface area (Å²) in [4.78, 5) is 0. The standard InChI is InChI=1S/C8H18O3/c1-4-5-11-7-8(2,9)6-10-3/h9H,4-7H2,1-3H3. The van der Waals surface area contributed by atoms with Crippen LogP contribution in [0.5, 0.6) is 0 Å². The zero-order valence-electron chi connectivity index (χ0n) is 7.59. The summed E-state index contributed by atoms with van der Waals surface area (Å²) in [5, 5.41) is 9.49. The Morgan fingerprint density at radius 2 is 2.00 bits per heavy atom. The highest BCUT2D eigenvalue weighted by molar-refractivity contribution is 4.70. The van der Waals surface area contributed by atoms with Gasteiger partial charge in [-0.15, -0.1) is 0 Å². The molecule has 3 heteroatoms. The summed E-state index contributed by atoms with van der Waals surface area (Å²) in [6.45, 7) is 5.09. The van der Waals surface area contributed by atoms with Gasteiger partial charge >= 0.3 is 0 Å². The molecule has 0 saturated heterocycles. The molecule has 0 rings (SSSR count). The molecule has 1 atom stereocenters. The van der Waals surface area contributed by atoms with Crippen molar-refractivity contribution in [3.63, 3.8) is 0 Å². The molecule has 0 aromatic carbocycles. The lowest BCUT2D eigenvalue weighted by molar-refractivity contribution is -0.0746. The van der Waals surface area contributed by atoms with E-state index in [4.69, 9.17) is 9.47 Å². The number of rotatable bonds is 6. The summed E-state index contributed by atoms with van der Waals surface area (Å²) in [6, 6.07) is 0. The second-order valence-corrected chi connectivity index (χ2v) is 2.98. The highest BCUT2D eigenvalue weighted by atomic mass is 16.5. The molecule has 0 aliphatic carbocycles. The van der Waals surface area contributed by atoms with E-state index in [-0.39, 0.29) is 0 Å². The third-order valence-corrected chi connectivity index (χ3v) is 1.22. The van der Waals surface area contributed by atoms with Gasteiger partial charge in [-0.1, -0.05) is 6.92 Å². The number of hydrogen-bond donors (Lipinski definition) is 1. The maximum Gasteiger partial charge on any atom is 0.108 e. The zero-order chi connectivity index (χ0) is 8.74. The zero-order valence-corrected chi connectivity index (χ0v) is 7.59. The third-order valence-electron chi connectivity index (χ3n) is 1.22. The predicted molar refractivity (Wildman–Crippen MR) is 43.6 cm³/mol. The Balaban J connectivity index is 3.38. The van der Waals surface area contributed by atoms with Gasteiger partial charge in [0.25, 0.3) is 0 Å². The fourth-order valence-corrected chi connectivity index (χ4v) is 0.789. The minimum Gasteiger partial charge on any atom is -0.385 e. The van der Waals surface area contributed by atoms with E-state index in [2.05, 4.69) is 0 Å². The second-order valence-electron chi connectivity index (χ2n) is 2.98. The Hall–Kier alpha value is -0.120. The van der Waals surface area contributed by atoms with E-state index in [9.17, 15) is 5.11 Å².